The molecular weight excluding hydrogens is 308 g/mol. The van der Waals surface area contributed by atoms with Gasteiger partial charge in [0.1, 0.15) is 5.76 Å². The summed E-state index contributed by atoms with van der Waals surface area (Å²) in [5.41, 5.74) is 8.29. The number of nitrogens with zero attached hydrogens (tertiary/aromatic N) is 2. The van der Waals surface area contributed by atoms with Crippen LogP contribution in [-0.2, 0) is 6.42 Å². The average Bonchev–Trinajstić information content (AvgIpc) is 2.95. The Kier molecular flexibility index (Phi) is 3.72. The van der Waals surface area contributed by atoms with E-state index in [0.717, 1.165) is 34.7 Å². The molecule has 4 rings (SSSR count). The van der Waals surface area contributed by atoms with Gasteiger partial charge in [-0.1, -0.05) is 54.2 Å². The van der Waals surface area contributed by atoms with Gasteiger partial charge in [-0.3, -0.25) is 0 Å². The number of aromatic nitrogens is 1. The second-order valence-electron chi connectivity index (χ2n) is 6.78. The van der Waals surface area contributed by atoms with Crippen LogP contribution in [0.5, 0.6) is 0 Å². The minimum Gasteiger partial charge on any atom is -0.367 e. The lowest BCUT2D eigenvalue weighted by molar-refractivity contribution is 0.329. The molecule has 0 aliphatic carbocycles. The van der Waals surface area contributed by atoms with Crippen LogP contribution in [0.3, 0.4) is 0 Å². The first-order valence-corrected chi connectivity index (χ1v) is 8.58. The molecule has 126 valence electrons. The molecule has 0 saturated carbocycles. The van der Waals surface area contributed by atoms with Crippen molar-refractivity contribution in [1.82, 2.24) is 10.1 Å². The highest BCUT2D eigenvalue weighted by molar-refractivity contribution is 5.69. The molecule has 25 heavy (non-hydrogen) atoms. The Balaban J connectivity index is 1.90. The Morgan fingerprint density at radius 3 is 2.56 bits per heavy atom. The first kappa shape index (κ1) is 15.7. The standard InChI is InChI=1S/C22H22N2O/c1-14-12-18-10-11-19(21-15(2)23-25-16(21)3)13-20(18)22(24(14)4)17-8-6-5-7-9-17/h5-11,13,22H,1,12H2,2-4H3. The van der Waals surface area contributed by atoms with Gasteiger partial charge in [-0.15, -0.1) is 0 Å². The first-order valence-electron chi connectivity index (χ1n) is 8.58. The largest absolute Gasteiger partial charge is 0.367 e. The number of hydrogen-bond acceptors (Lipinski definition) is 3. The van der Waals surface area contributed by atoms with Gasteiger partial charge < -0.3 is 9.42 Å². The van der Waals surface area contributed by atoms with Crippen LogP contribution in [0.4, 0.5) is 0 Å². The number of likely N-dealkylation sites (N-methyl/N-ethyl adjacent to an activating group) is 1. The van der Waals surface area contributed by atoms with Crippen LogP contribution in [0.15, 0.2) is 65.3 Å². The Labute approximate surface area is 148 Å². The Morgan fingerprint density at radius 2 is 1.88 bits per heavy atom. The van der Waals surface area contributed by atoms with E-state index < -0.39 is 0 Å². The molecule has 0 radical (unpaired) electrons. The van der Waals surface area contributed by atoms with Crippen LogP contribution in [0.25, 0.3) is 11.1 Å². The van der Waals surface area contributed by atoms with Gasteiger partial charge in [-0.05, 0) is 42.2 Å². The molecule has 2 heterocycles. The smallest absolute Gasteiger partial charge is 0.141 e. The molecule has 3 aromatic rings. The van der Waals surface area contributed by atoms with Crippen molar-refractivity contribution in [2.45, 2.75) is 26.3 Å². The maximum absolute atomic E-state index is 5.37. The topological polar surface area (TPSA) is 29.3 Å². The molecule has 1 unspecified atom stereocenters. The van der Waals surface area contributed by atoms with E-state index >= 15 is 0 Å². The minimum atomic E-state index is 0.179. The summed E-state index contributed by atoms with van der Waals surface area (Å²) in [5, 5.41) is 4.11. The van der Waals surface area contributed by atoms with Crippen LogP contribution in [0, 0.1) is 13.8 Å². The Bertz CT molecular complexity index is 920. The molecule has 0 saturated heterocycles. The lowest BCUT2D eigenvalue weighted by atomic mass is 9.85. The Hall–Kier alpha value is -2.81. The number of hydrogen-bond donors (Lipinski definition) is 0. The van der Waals surface area contributed by atoms with Gasteiger partial charge in [0.05, 0.1) is 11.7 Å². The second kappa shape index (κ2) is 5.92. The van der Waals surface area contributed by atoms with Crippen LogP contribution in [-0.4, -0.2) is 17.1 Å². The monoisotopic (exact) mass is 330 g/mol. The predicted octanol–water partition coefficient (Wildman–Crippen LogP) is 5.05. The fourth-order valence-electron chi connectivity index (χ4n) is 3.84. The van der Waals surface area contributed by atoms with Crippen molar-refractivity contribution in [1.29, 1.82) is 0 Å². The summed E-state index contributed by atoms with van der Waals surface area (Å²) in [7, 11) is 2.13. The molecule has 1 aliphatic rings. The third kappa shape index (κ3) is 2.56. The van der Waals surface area contributed by atoms with E-state index in [2.05, 4.69) is 72.2 Å². The highest BCUT2D eigenvalue weighted by Crippen LogP contribution is 2.40. The summed E-state index contributed by atoms with van der Waals surface area (Å²) in [5.74, 6) is 0.863. The fraction of sp³-hybridized carbons (Fsp3) is 0.227. The lowest BCUT2D eigenvalue weighted by Gasteiger charge is -2.38. The third-order valence-corrected chi connectivity index (χ3v) is 5.16. The zero-order chi connectivity index (χ0) is 17.6. The predicted molar refractivity (Wildman–Crippen MR) is 100 cm³/mol. The zero-order valence-corrected chi connectivity index (χ0v) is 14.9. The molecule has 3 heteroatoms. The molecule has 2 aromatic carbocycles. The fourth-order valence-corrected chi connectivity index (χ4v) is 3.84. The van der Waals surface area contributed by atoms with Crippen molar-refractivity contribution < 1.29 is 4.52 Å². The van der Waals surface area contributed by atoms with Crippen molar-refractivity contribution in [2.75, 3.05) is 7.05 Å². The molecule has 1 aliphatic heterocycles. The maximum atomic E-state index is 5.37. The van der Waals surface area contributed by atoms with Gasteiger partial charge in [0.25, 0.3) is 0 Å². The van der Waals surface area contributed by atoms with Gasteiger partial charge in [0.2, 0.25) is 0 Å². The lowest BCUT2D eigenvalue weighted by Crippen LogP contribution is -2.30. The van der Waals surface area contributed by atoms with Gasteiger partial charge in [0.15, 0.2) is 0 Å². The summed E-state index contributed by atoms with van der Waals surface area (Å²) < 4.78 is 5.37. The van der Waals surface area contributed by atoms with Crippen molar-refractivity contribution >= 4 is 0 Å². The van der Waals surface area contributed by atoms with Gasteiger partial charge in [-0.25, -0.2) is 0 Å². The van der Waals surface area contributed by atoms with E-state index in [9.17, 15) is 0 Å². The van der Waals surface area contributed by atoms with Gasteiger partial charge in [-0.2, -0.15) is 0 Å². The van der Waals surface area contributed by atoms with E-state index in [1.807, 2.05) is 13.8 Å². The van der Waals surface area contributed by atoms with E-state index in [1.54, 1.807) is 0 Å². The van der Waals surface area contributed by atoms with Crippen LogP contribution < -0.4 is 0 Å². The number of aryl methyl sites for hydroxylation is 2. The highest BCUT2D eigenvalue weighted by atomic mass is 16.5. The van der Waals surface area contributed by atoms with Crippen molar-refractivity contribution in [3.8, 4) is 11.1 Å². The van der Waals surface area contributed by atoms with Crippen molar-refractivity contribution in [2.24, 2.45) is 0 Å². The van der Waals surface area contributed by atoms with E-state index in [4.69, 9.17) is 4.52 Å². The molecule has 0 N–H and O–H groups in total. The van der Waals surface area contributed by atoms with Crippen LogP contribution in [0.1, 0.15) is 34.2 Å². The van der Waals surface area contributed by atoms with Crippen LogP contribution in [0.2, 0.25) is 0 Å². The first-order chi connectivity index (χ1) is 12.1. The molecule has 0 fully saturated rings. The number of allylic oxidation sites excluding steroid dienone is 1. The van der Waals surface area contributed by atoms with Crippen molar-refractivity contribution in [3.05, 3.63) is 89.0 Å². The Morgan fingerprint density at radius 1 is 1.12 bits per heavy atom. The van der Waals surface area contributed by atoms with Crippen LogP contribution >= 0.6 is 0 Å². The minimum absolute atomic E-state index is 0.179. The van der Waals surface area contributed by atoms with Crippen molar-refractivity contribution in [3.63, 3.8) is 0 Å². The summed E-state index contributed by atoms with van der Waals surface area (Å²) in [4.78, 5) is 2.29. The SMILES string of the molecule is C=C1Cc2ccc(-c3c(C)noc3C)cc2C(c2ccccc2)N1C. The van der Waals surface area contributed by atoms with Gasteiger partial charge >= 0.3 is 0 Å². The molecule has 1 atom stereocenters. The quantitative estimate of drug-likeness (QED) is 0.658. The third-order valence-electron chi connectivity index (χ3n) is 5.16. The summed E-state index contributed by atoms with van der Waals surface area (Å²) in [6.07, 6.45) is 0.886. The molecule has 3 nitrogen and oxygen atoms in total. The maximum Gasteiger partial charge on any atom is 0.141 e. The summed E-state index contributed by atoms with van der Waals surface area (Å²) in [6, 6.07) is 17.5. The van der Waals surface area contributed by atoms with E-state index in [-0.39, 0.29) is 6.04 Å². The highest BCUT2D eigenvalue weighted by Gasteiger charge is 2.28. The molecule has 0 amide bonds. The molecule has 1 aromatic heterocycles. The number of rotatable bonds is 2. The normalized spacial score (nSPS) is 16.8. The zero-order valence-electron chi connectivity index (χ0n) is 14.9. The van der Waals surface area contributed by atoms with E-state index in [0.29, 0.717) is 0 Å². The summed E-state index contributed by atoms with van der Waals surface area (Å²) in [6.45, 7) is 8.23. The summed E-state index contributed by atoms with van der Waals surface area (Å²) >= 11 is 0. The number of benzene rings is 2. The average molecular weight is 330 g/mol. The second-order valence-corrected chi connectivity index (χ2v) is 6.78. The molecule has 0 spiro atoms. The number of fused-ring (bicyclic) bond motifs is 1. The van der Waals surface area contributed by atoms with E-state index in [1.165, 1.54) is 16.7 Å². The van der Waals surface area contributed by atoms with Gasteiger partial charge in [0, 0.05) is 24.7 Å². The molecule has 0 bridgehead atoms. The molecular formula is C22H22N2O.